The van der Waals surface area contributed by atoms with Gasteiger partial charge < -0.3 is 10.1 Å². The number of carbonyl (C=O) groups excluding carboxylic acids is 3. The minimum absolute atomic E-state index is 0.194. The first-order chi connectivity index (χ1) is 12.4. The average Bonchev–Trinajstić information content (AvgIpc) is 2.63. The standard InChI is InChI=1S/C20H28N2O4/c1-4-6-13-26-14(3)18(24)21-16-9-7-15(8-10-16)20(5-2)12-11-17(23)22-19(20)25/h7-10,14H,4-6,11-13H2,1-3H3,(H,21,24)(H,22,23,25). The van der Waals surface area contributed by atoms with Crippen LogP contribution in [0.15, 0.2) is 24.3 Å². The Kier molecular flexibility index (Phi) is 6.91. The number of benzene rings is 1. The van der Waals surface area contributed by atoms with Crippen LogP contribution in [-0.4, -0.2) is 30.4 Å². The van der Waals surface area contributed by atoms with Gasteiger partial charge in [-0.2, -0.15) is 0 Å². The van der Waals surface area contributed by atoms with Crippen LogP contribution in [0.5, 0.6) is 0 Å². The molecule has 142 valence electrons. The first kappa shape index (κ1) is 20.1. The number of unbranched alkanes of at least 4 members (excludes halogenated alkanes) is 1. The average molecular weight is 360 g/mol. The molecule has 3 amide bonds. The third-order valence-corrected chi connectivity index (χ3v) is 5.01. The van der Waals surface area contributed by atoms with Crippen LogP contribution in [0.3, 0.4) is 0 Å². The summed E-state index contributed by atoms with van der Waals surface area (Å²) in [6, 6.07) is 7.26. The van der Waals surface area contributed by atoms with Crippen molar-refractivity contribution in [3.8, 4) is 0 Å². The number of hydrogen-bond donors (Lipinski definition) is 2. The predicted octanol–water partition coefficient (Wildman–Crippen LogP) is 2.91. The smallest absolute Gasteiger partial charge is 0.253 e. The van der Waals surface area contributed by atoms with Crippen molar-refractivity contribution in [2.24, 2.45) is 0 Å². The van der Waals surface area contributed by atoms with E-state index in [0.717, 1.165) is 18.4 Å². The SMILES string of the molecule is CCCCOC(C)C(=O)Nc1ccc(C2(CC)CCC(=O)NC2=O)cc1. The molecule has 1 aliphatic heterocycles. The molecular formula is C20H28N2O4. The molecule has 6 heteroatoms. The molecule has 1 saturated heterocycles. The molecule has 1 fully saturated rings. The molecular weight excluding hydrogens is 332 g/mol. The lowest BCUT2D eigenvalue weighted by molar-refractivity contribution is -0.138. The molecule has 0 aliphatic carbocycles. The van der Waals surface area contributed by atoms with Crippen molar-refractivity contribution >= 4 is 23.4 Å². The van der Waals surface area contributed by atoms with E-state index < -0.39 is 11.5 Å². The fraction of sp³-hybridized carbons (Fsp3) is 0.550. The van der Waals surface area contributed by atoms with Crippen LogP contribution in [0.4, 0.5) is 5.69 Å². The topological polar surface area (TPSA) is 84.5 Å². The van der Waals surface area contributed by atoms with Gasteiger partial charge in [0.1, 0.15) is 6.10 Å². The van der Waals surface area contributed by atoms with E-state index in [4.69, 9.17) is 4.74 Å². The van der Waals surface area contributed by atoms with Crippen molar-refractivity contribution in [2.75, 3.05) is 11.9 Å². The normalized spacial score (nSPS) is 21.2. The van der Waals surface area contributed by atoms with E-state index in [-0.39, 0.29) is 17.7 Å². The quantitative estimate of drug-likeness (QED) is 0.551. The Morgan fingerprint density at radius 3 is 2.54 bits per heavy atom. The number of anilines is 1. The molecule has 2 atom stereocenters. The molecule has 6 nitrogen and oxygen atoms in total. The van der Waals surface area contributed by atoms with Crippen LogP contribution in [0.1, 0.15) is 58.4 Å². The Labute approximate surface area is 154 Å². The highest BCUT2D eigenvalue weighted by Gasteiger charge is 2.42. The zero-order chi connectivity index (χ0) is 19.2. The van der Waals surface area contributed by atoms with Crippen molar-refractivity contribution in [2.45, 2.75) is 64.4 Å². The number of piperidine rings is 1. The van der Waals surface area contributed by atoms with E-state index in [0.29, 0.717) is 31.6 Å². The molecule has 2 unspecified atom stereocenters. The number of ether oxygens (including phenoxy) is 1. The number of hydrogen-bond acceptors (Lipinski definition) is 4. The molecule has 1 heterocycles. The van der Waals surface area contributed by atoms with Crippen molar-refractivity contribution < 1.29 is 19.1 Å². The van der Waals surface area contributed by atoms with Crippen LogP contribution >= 0.6 is 0 Å². The van der Waals surface area contributed by atoms with Crippen molar-refractivity contribution in [1.29, 1.82) is 0 Å². The van der Waals surface area contributed by atoms with Crippen molar-refractivity contribution in [3.63, 3.8) is 0 Å². The van der Waals surface area contributed by atoms with Crippen molar-refractivity contribution in [1.82, 2.24) is 5.32 Å². The van der Waals surface area contributed by atoms with Crippen molar-refractivity contribution in [3.05, 3.63) is 29.8 Å². The highest BCUT2D eigenvalue weighted by Crippen LogP contribution is 2.36. The van der Waals surface area contributed by atoms with Gasteiger partial charge >= 0.3 is 0 Å². The fourth-order valence-corrected chi connectivity index (χ4v) is 3.16. The first-order valence-corrected chi connectivity index (χ1v) is 9.30. The maximum atomic E-state index is 12.4. The Hall–Kier alpha value is -2.21. The Bertz CT molecular complexity index is 656. The summed E-state index contributed by atoms with van der Waals surface area (Å²) >= 11 is 0. The highest BCUT2D eigenvalue weighted by atomic mass is 16.5. The van der Waals surface area contributed by atoms with Crippen LogP contribution in [-0.2, 0) is 24.5 Å². The molecule has 0 spiro atoms. The number of rotatable bonds is 8. The summed E-state index contributed by atoms with van der Waals surface area (Å²) in [4.78, 5) is 36.0. The molecule has 2 rings (SSSR count). The molecule has 1 aromatic carbocycles. The van der Waals surface area contributed by atoms with E-state index in [1.807, 2.05) is 19.1 Å². The van der Waals surface area contributed by atoms with Gasteiger partial charge in [0.15, 0.2) is 0 Å². The molecule has 0 saturated carbocycles. The molecule has 26 heavy (non-hydrogen) atoms. The van der Waals surface area contributed by atoms with E-state index in [1.165, 1.54) is 0 Å². The third-order valence-electron chi connectivity index (χ3n) is 5.01. The molecule has 1 aliphatic rings. The van der Waals surface area contributed by atoms with Gasteiger partial charge in [0, 0.05) is 18.7 Å². The molecule has 0 radical (unpaired) electrons. The minimum Gasteiger partial charge on any atom is -0.369 e. The number of nitrogens with one attached hydrogen (secondary N) is 2. The Morgan fingerprint density at radius 2 is 1.96 bits per heavy atom. The van der Waals surface area contributed by atoms with E-state index in [1.54, 1.807) is 19.1 Å². The summed E-state index contributed by atoms with van der Waals surface area (Å²) in [6.07, 6.45) is 2.88. The maximum Gasteiger partial charge on any atom is 0.253 e. The Morgan fingerprint density at radius 1 is 1.27 bits per heavy atom. The highest BCUT2D eigenvalue weighted by molar-refractivity contribution is 6.03. The lowest BCUT2D eigenvalue weighted by Crippen LogP contribution is -2.51. The minimum atomic E-state index is -0.687. The number of carbonyl (C=O) groups is 3. The van der Waals surface area contributed by atoms with Crippen LogP contribution in [0, 0.1) is 0 Å². The van der Waals surface area contributed by atoms with Crippen LogP contribution in [0.25, 0.3) is 0 Å². The number of amides is 3. The van der Waals surface area contributed by atoms with Gasteiger partial charge in [0.25, 0.3) is 5.91 Å². The maximum absolute atomic E-state index is 12.4. The lowest BCUT2D eigenvalue weighted by Gasteiger charge is -2.35. The van der Waals surface area contributed by atoms with Gasteiger partial charge in [-0.15, -0.1) is 0 Å². The van der Waals surface area contributed by atoms with Gasteiger partial charge in [0.05, 0.1) is 5.41 Å². The summed E-state index contributed by atoms with van der Waals surface area (Å²) in [5.41, 5.74) is 0.825. The third kappa shape index (κ3) is 4.49. The van der Waals surface area contributed by atoms with E-state index in [2.05, 4.69) is 17.6 Å². The largest absolute Gasteiger partial charge is 0.369 e. The zero-order valence-electron chi connectivity index (χ0n) is 15.8. The summed E-state index contributed by atoms with van der Waals surface area (Å²) in [6.45, 7) is 6.31. The molecule has 1 aromatic rings. The van der Waals surface area contributed by atoms with E-state index >= 15 is 0 Å². The summed E-state index contributed by atoms with van der Waals surface area (Å²) in [7, 11) is 0. The lowest BCUT2D eigenvalue weighted by atomic mass is 9.72. The van der Waals surface area contributed by atoms with Gasteiger partial charge in [-0.05, 0) is 43.9 Å². The summed E-state index contributed by atoms with van der Waals surface area (Å²) in [5, 5.41) is 5.27. The van der Waals surface area contributed by atoms with Gasteiger partial charge in [-0.3, -0.25) is 19.7 Å². The van der Waals surface area contributed by atoms with E-state index in [9.17, 15) is 14.4 Å². The van der Waals surface area contributed by atoms with Crippen LogP contribution in [0.2, 0.25) is 0 Å². The molecule has 0 aromatic heterocycles. The number of imide groups is 1. The second-order valence-electron chi connectivity index (χ2n) is 6.75. The molecule has 2 N–H and O–H groups in total. The van der Waals surface area contributed by atoms with Crippen LogP contribution < -0.4 is 10.6 Å². The fourth-order valence-electron chi connectivity index (χ4n) is 3.16. The van der Waals surface area contributed by atoms with Gasteiger partial charge in [0.2, 0.25) is 11.8 Å². The second-order valence-corrected chi connectivity index (χ2v) is 6.75. The van der Waals surface area contributed by atoms with Gasteiger partial charge in [-0.1, -0.05) is 32.4 Å². The Balaban J connectivity index is 2.04. The second kappa shape index (κ2) is 8.94. The predicted molar refractivity (Wildman–Crippen MR) is 99.7 cm³/mol. The first-order valence-electron chi connectivity index (χ1n) is 9.30. The monoisotopic (exact) mass is 360 g/mol. The molecule has 0 bridgehead atoms. The summed E-state index contributed by atoms with van der Waals surface area (Å²) < 4.78 is 5.50. The summed E-state index contributed by atoms with van der Waals surface area (Å²) in [5.74, 6) is -0.661. The zero-order valence-corrected chi connectivity index (χ0v) is 15.8. The van der Waals surface area contributed by atoms with Gasteiger partial charge in [-0.25, -0.2) is 0 Å².